The van der Waals surface area contributed by atoms with Crippen molar-refractivity contribution in [2.24, 2.45) is 0 Å². The second kappa shape index (κ2) is 8.03. The van der Waals surface area contributed by atoms with Crippen molar-refractivity contribution < 1.29 is 9.47 Å². The summed E-state index contributed by atoms with van der Waals surface area (Å²) in [5, 5.41) is 9.92. The second-order valence-electron chi connectivity index (χ2n) is 7.06. The zero-order chi connectivity index (χ0) is 17.8. The largest absolute Gasteiger partial charge is 0.377 e. The van der Waals surface area contributed by atoms with Gasteiger partial charge in [-0.05, 0) is 39.7 Å². The summed E-state index contributed by atoms with van der Waals surface area (Å²) in [7, 11) is 0. The van der Waals surface area contributed by atoms with Crippen molar-refractivity contribution in [3.05, 3.63) is 17.3 Å². The zero-order valence-corrected chi connectivity index (χ0v) is 15.5. The number of nitriles is 1. The van der Waals surface area contributed by atoms with Crippen molar-refractivity contribution in [3.63, 3.8) is 0 Å². The Bertz CT molecular complexity index is 598. The molecule has 0 radical (unpaired) electrons. The van der Waals surface area contributed by atoms with Crippen molar-refractivity contribution in [1.29, 1.82) is 5.26 Å². The van der Waals surface area contributed by atoms with E-state index in [4.69, 9.17) is 14.5 Å². The zero-order valence-electron chi connectivity index (χ0n) is 15.5. The molecule has 2 aliphatic rings. The molecule has 0 N–H and O–H groups in total. The summed E-state index contributed by atoms with van der Waals surface area (Å²) in [6.45, 7) is 11.1. The van der Waals surface area contributed by atoms with E-state index >= 15 is 0 Å². The smallest absolute Gasteiger partial charge is 0.149 e. The summed E-state index contributed by atoms with van der Waals surface area (Å²) in [6, 6.07) is 4.47. The number of nitrogens with zero attached hydrogens (tertiary/aromatic N) is 4. The summed E-state index contributed by atoms with van der Waals surface area (Å²) >= 11 is 0. The highest BCUT2D eigenvalue weighted by atomic mass is 16.5. The van der Waals surface area contributed by atoms with E-state index in [1.807, 2.05) is 13.0 Å². The summed E-state index contributed by atoms with van der Waals surface area (Å²) in [5.41, 5.74) is 2.61. The maximum absolute atomic E-state index is 9.92. The molecule has 0 saturated carbocycles. The Morgan fingerprint density at radius 2 is 1.68 bits per heavy atom. The molecule has 6 heteroatoms. The Morgan fingerprint density at radius 3 is 2.32 bits per heavy atom. The van der Waals surface area contributed by atoms with Crippen molar-refractivity contribution in [2.75, 3.05) is 49.2 Å². The number of hydrogen-bond donors (Lipinski definition) is 0. The molecular formula is C19H28N4O2. The number of ether oxygens (including phenoxy) is 2. The number of anilines is 2. The van der Waals surface area contributed by atoms with Crippen LogP contribution < -0.4 is 9.80 Å². The van der Waals surface area contributed by atoms with Crippen LogP contribution in [0.4, 0.5) is 11.5 Å². The highest BCUT2D eigenvalue weighted by molar-refractivity contribution is 5.70. The van der Waals surface area contributed by atoms with Crippen LogP contribution >= 0.6 is 0 Å². The third-order valence-electron chi connectivity index (χ3n) is 4.76. The quantitative estimate of drug-likeness (QED) is 0.821. The van der Waals surface area contributed by atoms with Crippen LogP contribution in [0, 0.1) is 18.3 Å². The molecule has 0 bridgehead atoms. The van der Waals surface area contributed by atoms with Gasteiger partial charge in [0.15, 0.2) is 0 Å². The fourth-order valence-electron chi connectivity index (χ4n) is 3.63. The normalized spacial score (nSPS) is 25.2. The molecule has 25 heavy (non-hydrogen) atoms. The van der Waals surface area contributed by atoms with E-state index in [9.17, 15) is 5.26 Å². The van der Waals surface area contributed by atoms with Crippen LogP contribution in [0.2, 0.25) is 0 Å². The van der Waals surface area contributed by atoms with Gasteiger partial charge >= 0.3 is 0 Å². The lowest BCUT2D eigenvalue weighted by Gasteiger charge is -2.29. The van der Waals surface area contributed by atoms with Crippen LogP contribution in [-0.4, -0.2) is 56.6 Å². The third kappa shape index (κ3) is 4.23. The average molecular weight is 344 g/mol. The van der Waals surface area contributed by atoms with E-state index in [-0.39, 0.29) is 12.2 Å². The van der Waals surface area contributed by atoms with Gasteiger partial charge in [0.05, 0.1) is 17.9 Å². The number of hydrogen-bond acceptors (Lipinski definition) is 6. The van der Waals surface area contributed by atoms with Crippen LogP contribution in [0.5, 0.6) is 0 Å². The molecule has 2 atom stereocenters. The van der Waals surface area contributed by atoms with E-state index in [0.717, 1.165) is 69.4 Å². The van der Waals surface area contributed by atoms with Crippen LogP contribution in [0.15, 0.2) is 6.07 Å². The molecule has 3 heterocycles. The van der Waals surface area contributed by atoms with Crippen LogP contribution in [0.25, 0.3) is 0 Å². The molecular weight excluding hydrogens is 316 g/mol. The van der Waals surface area contributed by atoms with Crippen molar-refractivity contribution in [3.8, 4) is 6.07 Å². The third-order valence-corrected chi connectivity index (χ3v) is 4.76. The lowest BCUT2D eigenvalue weighted by molar-refractivity contribution is 0.0819. The van der Waals surface area contributed by atoms with Crippen molar-refractivity contribution in [1.82, 2.24) is 4.98 Å². The van der Waals surface area contributed by atoms with Gasteiger partial charge in [-0.15, -0.1) is 0 Å². The molecule has 2 fully saturated rings. The first-order valence-corrected chi connectivity index (χ1v) is 9.23. The van der Waals surface area contributed by atoms with Crippen LogP contribution in [0.1, 0.15) is 37.9 Å². The number of aryl methyl sites for hydroxylation is 1. The standard InChI is InChI=1S/C19H28N4O2/c1-14-10-18(22-6-4-8-24-15(2)12-22)17(11-20)19(21-14)23-7-5-9-25-16(3)13-23/h10,15-16H,4-9,12-13H2,1-3H3/t15-,16+/m0/s1. The lowest BCUT2D eigenvalue weighted by Crippen LogP contribution is -2.34. The molecule has 2 aliphatic heterocycles. The van der Waals surface area contributed by atoms with E-state index in [2.05, 4.69) is 29.7 Å². The number of pyridine rings is 1. The van der Waals surface area contributed by atoms with E-state index in [1.165, 1.54) is 0 Å². The van der Waals surface area contributed by atoms with Gasteiger partial charge < -0.3 is 19.3 Å². The van der Waals surface area contributed by atoms with Crippen LogP contribution in [0.3, 0.4) is 0 Å². The minimum absolute atomic E-state index is 0.145. The summed E-state index contributed by atoms with van der Waals surface area (Å²) in [5.74, 6) is 0.799. The van der Waals surface area contributed by atoms with Crippen molar-refractivity contribution >= 4 is 11.5 Å². The molecule has 2 saturated heterocycles. The van der Waals surface area contributed by atoms with Crippen molar-refractivity contribution in [2.45, 2.75) is 45.8 Å². The Labute approximate surface area is 150 Å². The van der Waals surface area contributed by atoms with Gasteiger partial charge in [0.2, 0.25) is 0 Å². The monoisotopic (exact) mass is 344 g/mol. The number of rotatable bonds is 2. The minimum atomic E-state index is 0.145. The van der Waals surface area contributed by atoms with Gasteiger partial charge in [0.1, 0.15) is 17.5 Å². The summed E-state index contributed by atoms with van der Waals surface area (Å²) in [4.78, 5) is 9.23. The molecule has 0 spiro atoms. The van der Waals surface area contributed by atoms with Gasteiger partial charge in [0.25, 0.3) is 0 Å². The molecule has 6 nitrogen and oxygen atoms in total. The first-order chi connectivity index (χ1) is 12.1. The first-order valence-electron chi connectivity index (χ1n) is 9.23. The van der Waals surface area contributed by atoms with E-state index in [1.54, 1.807) is 0 Å². The predicted octanol–water partition coefficient (Wildman–Crippen LogP) is 2.49. The van der Waals surface area contributed by atoms with Crippen LogP contribution in [-0.2, 0) is 9.47 Å². The van der Waals surface area contributed by atoms with Gasteiger partial charge in [0, 0.05) is 45.1 Å². The highest BCUT2D eigenvalue weighted by Gasteiger charge is 2.25. The summed E-state index contributed by atoms with van der Waals surface area (Å²) < 4.78 is 11.5. The maximum Gasteiger partial charge on any atom is 0.149 e. The lowest BCUT2D eigenvalue weighted by atomic mass is 10.1. The molecule has 0 aromatic carbocycles. The number of aromatic nitrogens is 1. The molecule has 0 amide bonds. The fraction of sp³-hybridized carbons (Fsp3) is 0.684. The SMILES string of the molecule is Cc1cc(N2CCCO[C@@H](C)C2)c(C#N)c(N2CCCO[C@H](C)C2)n1. The Balaban J connectivity index is 1.99. The Morgan fingerprint density at radius 1 is 1.08 bits per heavy atom. The molecule has 1 aromatic rings. The predicted molar refractivity (Wildman–Crippen MR) is 98.2 cm³/mol. The van der Waals surface area contributed by atoms with Gasteiger partial charge in [-0.2, -0.15) is 5.26 Å². The summed E-state index contributed by atoms with van der Waals surface area (Å²) in [6.07, 6.45) is 2.24. The van der Waals surface area contributed by atoms with Gasteiger partial charge in [-0.1, -0.05) is 0 Å². The minimum Gasteiger partial charge on any atom is -0.377 e. The molecule has 0 aliphatic carbocycles. The van der Waals surface area contributed by atoms with Gasteiger partial charge in [-0.3, -0.25) is 0 Å². The second-order valence-corrected chi connectivity index (χ2v) is 7.06. The Hall–Kier alpha value is -1.84. The van der Waals surface area contributed by atoms with Gasteiger partial charge in [-0.25, -0.2) is 4.98 Å². The molecule has 1 aromatic heterocycles. The van der Waals surface area contributed by atoms with E-state index < -0.39 is 0 Å². The fourth-order valence-corrected chi connectivity index (χ4v) is 3.63. The average Bonchev–Trinajstić information content (AvgIpc) is 2.93. The molecule has 0 unspecified atom stereocenters. The topological polar surface area (TPSA) is 61.6 Å². The maximum atomic E-state index is 9.92. The first kappa shape index (κ1) is 18.0. The Kier molecular flexibility index (Phi) is 5.77. The molecule has 136 valence electrons. The molecule has 3 rings (SSSR count). The van der Waals surface area contributed by atoms with E-state index in [0.29, 0.717) is 5.56 Å². The highest BCUT2D eigenvalue weighted by Crippen LogP contribution is 2.31.